The molecule has 4 amide bonds. The zero-order chi connectivity index (χ0) is 45.6. The Labute approximate surface area is 364 Å². The number of rotatable bonds is 38. The zero-order valence-electron chi connectivity index (χ0n) is 38.8. The second-order valence-electron chi connectivity index (χ2n) is 16.5. The molecule has 0 aromatic rings. The molecule has 0 bridgehead atoms. The Kier molecular flexibility index (Phi) is 39.1. The minimum atomic E-state index is -1.04. The Morgan fingerprint density at radius 3 is 0.833 bits per heavy atom. The van der Waals surface area contributed by atoms with Crippen molar-refractivity contribution in [2.24, 2.45) is 11.5 Å². The van der Waals surface area contributed by atoms with Crippen molar-refractivity contribution < 1.29 is 39.0 Å². The molecule has 0 aromatic carbocycles. The van der Waals surface area contributed by atoms with Crippen LogP contribution < -0.4 is 32.7 Å². The Hall–Kier alpha value is -3.26. The highest BCUT2D eigenvalue weighted by molar-refractivity contribution is 5.92. The number of nitrogens with one attached hydrogen (secondary N) is 4. The van der Waals surface area contributed by atoms with Crippen LogP contribution in [0.2, 0.25) is 0 Å². The average Bonchev–Trinajstić information content (AvgIpc) is 3.21. The summed E-state index contributed by atoms with van der Waals surface area (Å²) in [5, 5.41) is 29.7. The van der Waals surface area contributed by atoms with Gasteiger partial charge in [0.2, 0.25) is 23.6 Å². The molecule has 14 heteroatoms. The van der Waals surface area contributed by atoms with E-state index in [9.17, 15) is 39.0 Å². The zero-order valence-corrected chi connectivity index (χ0v) is 38.8. The Morgan fingerprint density at radius 1 is 0.333 bits per heavy atom. The first kappa shape index (κ1) is 58.8. The van der Waals surface area contributed by atoms with Gasteiger partial charge in [0.15, 0.2) is 0 Å². The number of hydrogen-bond donors (Lipinski definition) is 8. The Morgan fingerprint density at radius 2 is 0.550 bits per heavy atom. The summed E-state index contributed by atoms with van der Waals surface area (Å²) < 4.78 is 0. The third-order valence-electron chi connectivity index (χ3n) is 10.8. The van der Waals surface area contributed by atoms with Gasteiger partial charge < -0.3 is 42.9 Å². The predicted octanol–water partition coefficient (Wildman–Crippen LogP) is 7.78. The van der Waals surface area contributed by atoms with E-state index in [0.717, 1.165) is 141 Å². The van der Waals surface area contributed by atoms with E-state index in [-0.39, 0.29) is 11.8 Å². The van der Waals surface area contributed by atoms with Gasteiger partial charge in [0.25, 0.3) is 0 Å². The molecule has 0 saturated carbocycles. The minimum Gasteiger partial charge on any atom is -0.480 e. The summed E-state index contributed by atoms with van der Waals surface area (Å²) in [6.07, 6.45) is 24.4. The number of carboxylic acid groups (broad SMARTS) is 2. The van der Waals surface area contributed by atoms with E-state index in [4.69, 9.17) is 11.5 Å². The van der Waals surface area contributed by atoms with Crippen molar-refractivity contribution in [1.29, 1.82) is 0 Å². The van der Waals surface area contributed by atoms with Gasteiger partial charge in [-0.05, 0) is 38.5 Å². The summed E-state index contributed by atoms with van der Waals surface area (Å²) in [6, 6.07) is -4.64. The number of carbonyl (C=O) groups excluding carboxylic acids is 4. The predicted molar refractivity (Wildman–Crippen MR) is 242 cm³/mol. The van der Waals surface area contributed by atoms with Crippen LogP contribution in [0.25, 0.3) is 0 Å². The largest absolute Gasteiger partial charge is 0.480 e. The quantitative estimate of drug-likeness (QED) is 0.0280. The minimum absolute atomic E-state index is 0.335. The molecule has 352 valence electrons. The highest BCUT2D eigenvalue weighted by Crippen LogP contribution is 2.13. The van der Waals surface area contributed by atoms with Gasteiger partial charge in [-0.15, -0.1) is 0 Å². The first-order valence-electron chi connectivity index (χ1n) is 23.9. The maximum Gasteiger partial charge on any atom is 0.326 e. The fourth-order valence-corrected chi connectivity index (χ4v) is 6.75. The summed E-state index contributed by atoms with van der Waals surface area (Å²) in [4.78, 5) is 73.6. The third kappa shape index (κ3) is 31.6. The molecule has 0 aromatic heterocycles. The molecule has 10 N–H and O–H groups in total. The molecule has 0 heterocycles. The molecular weight excluding hydrogens is 765 g/mol. The van der Waals surface area contributed by atoms with E-state index in [0.29, 0.717) is 38.5 Å². The summed E-state index contributed by atoms with van der Waals surface area (Å²) >= 11 is 0. The van der Waals surface area contributed by atoms with E-state index in [1.165, 1.54) is 0 Å². The normalized spacial score (nSPS) is 14.0. The summed E-state index contributed by atoms with van der Waals surface area (Å²) in [5.74, 6) is -3.60. The molecule has 0 saturated heterocycles. The molecule has 0 radical (unpaired) electrons. The van der Waals surface area contributed by atoms with Gasteiger partial charge in [-0.25, -0.2) is 9.59 Å². The molecule has 0 aliphatic carbocycles. The van der Waals surface area contributed by atoms with Gasteiger partial charge >= 0.3 is 11.9 Å². The topological polar surface area (TPSA) is 243 Å². The summed E-state index contributed by atoms with van der Waals surface area (Å²) in [7, 11) is 0. The number of amides is 4. The number of carbonyl (C=O) groups is 6. The molecule has 0 spiro atoms. The van der Waals surface area contributed by atoms with Gasteiger partial charge in [0, 0.05) is 0 Å². The van der Waals surface area contributed by atoms with Crippen molar-refractivity contribution in [1.82, 2.24) is 21.3 Å². The Balaban J connectivity index is 0. The van der Waals surface area contributed by atoms with Crippen molar-refractivity contribution in [3.8, 4) is 0 Å². The van der Waals surface area contributed by atoms with E-state index in [1.54, 1.807) is 0 Å². The second-order valence-corrected chi connectivity index (χ2v) is 16.5. The first-order chi connectivity index (χ1) is 28.7. The van der Waals surface area contributed by atoms with Crippen molar-refractivity contribution in [3.05, 3.63) is 0 Å². The highest BCUT2D eigenvalue weighted by Gasteiger charge is 2.29. The lowest BCUT2D eigenvalue weighted by Crippen LogP contribution is -2.54. The van der Waals surface area contributed by atoms with Crippen LogP contribution in [0.3, 0.4) is 0 Å². The molecule has 6 atom stereocenters. The van der Waals surface area contributed by atoms with Crippen LogP contribution in [0.1, 0.15) is 221 Å². The smallest absolute Gasteiger partial charge is 0.326 e. The van der Waals surface area contributed by atoms with Crippen LogP contribution in [0.5, 0.6) is 0 Å². The third-order valence-corrected chi connectivity index (χ3v) is 10.8. The molecule has 0 aliphatic rings. The van der Waals surface area contributed by atoms with E-state index in [2.05, 4.69) is 49.0 Å². The van der Waals surface area contributed by atoms with Gasteiger partial charge in [-0.1, -0.05) is 183 Å². The van der Waals surface area contributed by atoms with Crippen molar-refractivity contribution in [2.45, 2.75) is 258 Å². The standard InChI is InChI=1S/2C23H45N3O4/c2*1-4-7-10-11-14-16-19(25-21(27)18(24)15-12-8-5-2)22(28)26-20(23(29)30)17-13-9-6-3/h2*18-20H,4-17,24H2,1-3H3,(H,25,27)(H,26,28)(H,29,30). The molecule has 0 fully saturated rings. The number of nitrogens with two attached hydrogens (primary N) is 2. The second kappa shape index (κ2) is 39.9. The van der Waals surface area contributed by atoms with Crippen LogP contribution >= 0.6 is 0 Å². The SMILES string of the molecule is CCCCCCCC(NC(=O)C(N)CCCCC)C(=O)NC(CCCCC)C(=O)O.CCCCCCCC(NC(=O)C(N)CCCCC)C(=O)NC(CCCCC)C(=O)O. The van der Waals surface area contributed by atoms with E-state index >= 15 is 0 Å². The first-order valence-corrected chi connectivity index (χ1v) is 23.9. The van der Waals surface area contributed by atoms with Crippen molar-refractivity contribution in [2.75, 3.05) is 0 Å². The van der Waals surface area contributed by atoms with Crippen LogP contribution in [-0.4, -0.2) is 82.0 Å². The molecule has 0 aliphatic heterocycles. The Bertz CT molecular complexity index is 1060. The van der Waals surface area contributed by atoms with Crippen molar-refractivity contribution >= 4 is 35.6 Å². The molecule has 6 unspecified atom stereocenters. The van der Waals surface area contributed by atoms with Gasteiger partial charge in [-0.3, -0.25) is 19.2 Å². The van der Waals surface area contributed by atoms with Crippen LogP contribution in [0.15, 0.2) is 0 Å². The van der Waals surface area contributed by atoms with Crippen LogP contribution in [0, 0.1) is 0 Å². The molecule has 14 nitrogen and oxygen atoms in total. The van der Waals surface area contributed by atoms with E-state index in [1.807, 2.05) is 13.8 Å². The van der Waals surface area contributed by atoms with Crippen LogP contribution in [0.4, 0.5) is 0 Å². The van der Waals surface area contributed by atoms with Gasteiger partial charge in [0.05, 0.1) is 12.1 Å². The highest BCUT2D eigenvalue weighted by atomic mass is 16.4. The lowest BCUT2D eigenvalue weighted by atomic mass is 10.0. The fraction of sp³-hybridized carbons (Fsp3) is 0.870. The van der Waals surface area contributed by atoms with Crippen LogP contribution in [-0.2, 0) is 28.8 Å². The fourth-order valence-electron chi connectivity index (χ4n) is 6.75. The van der Waals surface area contributed by atoms with Gasteiger partial charge in [-0.2, -0.15) is 0 Å². The average molecular weight is 855 g/mol. The van der Waals surface area contributed by atoms with E-state index < -0.39 is 60.0 Å². The molecule has 60 heavy (non-hydrogen) atoms. The number of unbranched alkanes of at least 4 members (excludes halogenated alkanes) is 16. The monoisotopic (exact) mass is 855 g/mol. The maximum atomic E-state index is 12.8. The lowest BCUT2D eigenvalue weighted by Gasteiger charge is -2.23. The molecule has 0 rings (SSSR count). The number of hydrogen-bond acceptors (Lipinski definition) is 8. The summed E-state index contributed by atoms with van der Waals surface area (Å²) in [5.41, 5.74) is 12.0. The lowest BCUT2D eigenvalue weighted by molar-refractivity contribution is -0.143. The number of carboxylic acids is 2. The summed E-state index contributed by atoms with van der Waals surface area (Å²) in [6.45, 7) is 12.5. The number of aliphatic carboxylic acids is 2. The molecular formula is C46H90N6O8. The maximum absolute atomic E-state index is 12.8. The van der Waals surface area contributed by atoms with Gasteiger partial charge in [0.1, 0.15) is 24.2 Å². The van der Waals surface area contributed by atoms with Crippen molar-refractivity contribution in [3.63, 3.8) is 0 Å².